The van der Waals surface area contributed by atoms with Crippen LogP contribution in [0.1, 0.15) is 10.5 Å². The van der Waals surface area contributed by atoms with Crippen molar-refractivity contribution < 1.29 is 14.1 Å². The largest absolute Gasteiger partial charge is 0.463 e. The highest BCUT2D eigenvalue weighted by atomic mass is 16.6. The lowest BCUT2D eigenvalue weighted by Crippen LogP contribution is -2.13. The van der Waals surface area contributed by atoms with Crippen LogP contribution < -0.4 is 5.32 Å². The number of H-pyrrole nitrogens is 1. The molecule has 0 spiro atoms. The molecule has 1 amide bonds. The number of hydrogen-bond donors (Lipinski definition) is 2. The standard InChI is InChI=1S/C14H10N4O4/c19-14(15-9-4-1-2-5-12(9)18(20)21)11-8-10(16-17-11)13-6-3-7-22-13/h1-8H,(H,15,19)(H,16,17). The van der Waals surface area contributed by atoms with Gasteiger partial charge in [0.2, 0.25) is 0 Å². The molecule has 0 radical (unpaired) electrons. The highest BCUT2D eigenvalue weighted by molar-refractivity contribution is 6.04. The molecular formula is C14H10N4O4. The summed E-state index contributed by atoms with van der Waals surface area (Å²) in [7, 11) is 0. The van der Waals surface area contributed by atoms with Crippen LogP contribution in [0.4, 0.5) is 11.4 Å². The summed E-state index contributed by atoms with van der Waals surface area (Å²) >= 11 is 0. The zero-order valence-corrected chi connectivity index (χ0v) is 11.1. The minimum Gasteiger partial charge on any atom is -0.463 e. The molecule has 0 aliphatic heterocycles. The van der Waals surface area contributed by atoms with Gasteiger partial charge in [-0.15, -0.1) is 0 Å². The van der Waals surface area contributed by atoms with E-state index in [4.69, 9.17) is 4.42 Å². The van der Waals surface area contributed by atoms with Gasteiger partial charge in [-0.05, 0) is 18.2 Å². The van der Waals surface area contributed by atoms with Crippen LogP contribution in [0.15, 0.2) is 53.1 Å². The highest BCUT2D eigenvalue weighted by Gasteiger charge is 2.18. The van der Waals surface area contributed by atoms with Crippen molar-refractivity contribution in [2.24, 2.45) is 0 Å². The molecule has 3 rings (SSSR count). The maximum absolute atomic E-state index is 12.1. The summed E-state index contributed by atoms with van der Waals surface area (Å²) in [5.41, 5.74) is 0.569. The monoisotopic (exact) mass is 298 g/mol. The molecule has 110 valence electrons. The number of carbonyl (C=O) groups is 1. The zero-order valence-electron chi connectivity index (χ0n) is 11.1. The van der Waals surface area contributed by atoms with Gasteiger partial charge in [0, 0.05) is 12.1 Å². The molecule has 0 saturated carbocycles. The van der Waals surface area contributed by atoms with Gasteiger partial charge in [0.05, 0.1) is 11.2 Å². The molecule has 8 nitrogen and oxygen atoms in total. The number of benzene rings is 1. The molecule has 0 atom stereocenters. The van der Waals surface area contributed by atoms with Crippen LogP contribution in [0.2, 0.25) is 0 Å². The van der Waals surface area contributed by atoms with Gasteiger partial charge in [-0.3, -0.25) is 20.0 Å². The second-order valence-electron chi connectivity index (χ2n) is 4.37. The van der Waals surface area contributed by atoms with Crippen molar-refractivity contribution >= 4 is 17.3 Å². The van der Waals surface area contributed by atoms with Crippen molar-refractivity contribution in [2.75, 3.05) is 5.32 Å². The second-order valence-corrected chi connectivity index (χ2v) is 4.37. The number of nitrogens with one attached hydrogen (secondary N) is 2. The van der Waals surface area contributed by atoms with Crippen LogP contribution in [0.3, 0.4) is 0 Å². The fourth-order valence-electron chi connectivity index (χ4n) is 1.92. The number of aromatic nitrogens is 2. The van der Waals surface area contributed by atoms with Crippen LogP contribution in [-0.2, 0) is 0 Å². The molecule has 1 aromatic carbocycles. The predicted molar refractivity (Wildman–Crippen MR) is 77.3 cm³/mol. The molecule has 0 fully saturated rings. The van der Waals surface area contributed by atoms with Gasteiger partial charge in [-0.25, -0.2) is 0 Å². The third-order valence-electron chi connectivity index (χ3n) is 2.95. The van der Waals surface area contributed by atoms with Gasteiger partial charge in [0.15, 0.2) is 11.5 Å². The number of aromatic amines is 1. The highest BCUT2D eigenvalue weighted by Crippen LogP contribution is 2.24. The Hall–Kier alpha value is -3.42. The van der Waals surface area contributed by atoms with E-state index in [0.717, 1.165) is 0 Å². The van der Waals surface area contributed by atoms with E-state index in [1.165, 1.54) is 30.5 Å². The van der Waals surface area contributed by atoms with Crippen LogP contribution in [0.5, 0.6) is 0 Å². The Bertz CT molecular complexity index is 823. The average molecular weight is 298 g/mol. The van der Waals surface area contributed by atoms with Crippen molar-refractivity contribution in [1.29, 1.82) is 0 Å². The lowest BCUT2D eigenvalue weighted by Gasteiger charge is -2.03. The van der Waals surface area contributed by atoms with E-state index in [2.05, 4.69) is 15.5 Å². The molecule has 0 aliphatic carbocycles. The Morgan fingerprint density at radius 3 is 2.82 bits per heavy atom. The summed E-state index contributed by atoms with van der Waals surface area (Å²) in [5, 5.41) is 19.9. The predicted octanol–water partition coefficient (Wildman–Crippen LogP) is 2.83. The Balaban J connectivity index is 1.82. The van der Waals surface area contributed by atoms with Crippen LogP contribution in [-0.4, -0.2) is 21.0 Å². The second kappa shape index (κ2) is 5.52. The van der Waals surface area contributed by atoms with E-state index in [0.29, 0.717) is 11.5 Å². The molecule has 0 unspecified atom stereocenters. The fourth-order valence-corrected chi connectivity index (χ4v) is 1.92. The molecule has 0 saturated heterocycles. The quantitative estimate of drug-likeness (QED) is 0.567. The van der Waals surface area contributed by atoms with Gasteiger partial charge >= 0.3 is 0 Å². The Morgan fingerprint density at radius 1 is 1.27 bits per heavy atom. The lowest BCUT2D eigenvalue weighted by atomic mass is 10.2. The van der Waals surface area contributed by atoms with Gasteiger partial charge < -0.3 is 9.73 Å². The van der Waals surface area contributed by atoms with Crippen molar-refractivity contribution in [3.8, 4) is 11.5 Å². The summed E-state index contributed by atoms with van der Waals surface area (Å²) in [6, 6.07) is 10.8. The molecule has 2 aromatic heterocycles. The first kappa shape index (κ1) is 13.6. The zero-order chi connectivity index (χ0) is 15.5. The molecule has 3 aromatic rings. The number of hydrogen-bond acceptors (Lipinski definition) is 5. The Morgan fingerprint density at radius 2 is 2.09 bits per heavy atom. The smallest absolute Gasteiger partial charge is 0.292 e. The third-order valence-corrected chi connectivity index (χ3v) is 2.95. The van der Waals surface area contributed by atoms with Crippen molar-refractivity contribution in [3.63, 3.8) is 0 Å². The van der Waals surface area contributed by atoms with Gasteiger partial charge in [-0.1, -0.05) is 12.1 Å². The summed E-state index contributed by atoms with van der Waals surface area (Å²) in [4.78, 5) is 22.5. The third kappa shape index (κ3) is 2.57. The first-order chi connectivity index (χ1) is 10.6. The van der Waals surface area contributed by atoms with Gasteiger partial charge in [-0.2, -0.15) is 5.10 Å². The van der Waals surface area contributed by atoms with E-state index in [1.54, 1.807) is 18.2 Å². The summed E-state index contributed by atoms with van der Waals surface area (Å²) in [6.07, 6.45) is 1.50. The van der Waals surface area contributed by atoms with Crippen LogP contribution in [0.25, 0.3) is 11.5 Å². The molecular weight excluding hydrogens is 288 g/mol. The first-order valence-electron chi connectivity index (χ1n) is 6.29. The number of amides is 1. The average Bonchev–Trinajstić information content (AvgIpc) is 3.18. The molecule has 0 aliphatic rings. The normalized spacial score (nSPS) is 10.4. The number of nitro groups is 1. The number of carbonyl (C=O) groups excluding carboxylic acids is 1. The molecule has 2 heterocycles. The van der Waals surface area contributed by atoms with Gasteiger partial charge in [0.1, 0.15) is 11.4 Å². The maximum atomic E-state index is 12.1. The number of furan rings is 1. The number of anilines is 1. The summed E-state index contributed by atoms with van der Waals surface area (Å²) < 4.78 is 5.19. The van der Waals surface area contributed by atoms with E-state index in [-0.39, 0.29) is 17.1 Å². The summed E-state index contributed by atoms with van der Waals surface area (Å²) in [6.45, 7) is 0. The Labute approximate surface area is 123 Å². The van der Waals surface area contributed by atoms with Crippen molar-refractivity contribution in [3.05, 3.63) is 64.5 Å². The van der Waals surface area contributed by atoms with Gasteiger partial charge in [0.25, 0.3) is 11.6 Å². The van der Waals surface area contributed by atoms with Crippen molar-refractivity contribution in [1.82, 2.24) is 10.2 Å². The van der Waals surface area contributed by atoms with E-state index in [1.807, 2.05) is 0 Å². The molecule has 22 heavy (non-hydrogen) atoms. The van der Waals surface area contributed by atoms with Crippen LogP contribution >= 0.6 is 0 Å². The molecule has 0 bridgehead atoms. The van der Waals surface area contributed by atoms with E-state index in [9.17, 15) is 14.9 Å². The SMILES string of the molecule is O=C(Nc1ccccc1[N+](=O)[O-])c1cc(-c2ccco2)[nH]n1. The molecule has 2 N–H and O–H groups in total. The van der Waals surface area contributed by atoms with Crippen molar-refractivity contribution in [2.45, 2.75) is 0 Å². The first-order valence-corrected chi connectivity index (χ1v) is 6.29. The van der Waals surface area contributed by atoms with Crippen LogP contribution in [0, 0.1) is 10.1 Å². The summed E-state index contributed by atoms with van der Waals surface area (Å²) in [5.74, 6) is -0.0133. The molecule has 8 heteroatoms. The fraction of sp³-hybridized carbons (Fsp3) is 0. The maximum Gasteiger partial charge on any atom is 0.292 e. The number of nitrogens with zero attached hydrogens (tertiary/aromatic N) is 2. The van der Waals surface area contributed by atoms with E-state index >= 15 is 0 Å². The number of nitro benzene ring substituents is 1. The minimum atomic E-state index is -0.561. The number of para-hydroxylation sites is 2. The van der Waals surface area contributed by atoms with E-state index < -0.39 is 10.8 Å². The topological polar surface area (TPSA) is 114 Å². The Kier molecular flexibility index (Phi) is 3.40. The minimum absolute atomic E-state index is 0.101. The lowest BCUT2D eigenvalue weighted by molar-refractivity contribution is -0.383. The number of rotatable bonds is 4.